The first-order valence-electron chi connectivity index (χ1n) is 6.35. The molecule has 2 nitrogen and oxygen atoms in total. The summed E-state index contributed by atoms with van der Waals surface area (Å²) in [6.07, 6.45) is 2.66. The van der Waals surface area contributed by atoms with Crippen LogP contribution in [0.4, 0.5) is 0 Å². The van der Waals surface area contributed by atoms with Gasteiger partial charge < -0.3 is 10.1 Å². The number of hydrogen-bond acceptors (Lipinski definition) is 2. The van der Waals surface area contributed by atoms with Gasteiger partial charge in [0.2, 0.25) is 0 Å². The summed E-state index contributed by atoms with van der Waals surface area (Å²) in [5.74, 6) is 0.770. The van der Waals surface area contributed by atoms with Crippen LogP contribution in [0.2, 0.25) is 0 Å². The zero-order chi connectivity index (χ0) is 12.3. The molecule has 0 saturated heterocycles. The van der Waals surface area contributed by atoms with Crippen LogP contribution in [0.3, 0.4) is 0 Å². The Morgan fingerprint density at radius 3 is 2.82 bits per heavy atom. The molecule has 1 aliphatic carbocycles. The summed E-state index contributed by atoms with van der Waals surface area (Å²) in [5.41, 5.74) is 3.68. The molecule has 1 N–H and O–H groups in total. The van der Waals surface area contributed by atoms with Crippen LogP contribution in [0.5, 0.6) is 0 Å². The maximum atomic E-state index is 5.45. The minimum absolute atomic E-state index is 0.670. The molecule has 0 heterocycles. The minimum atomic E-state index is 0.670. The zero-order valence-electron chi connectivity index (χ0n) is 10.8. The predicted octanol–water partition coefficient (Wildman–Crippen LogP) is 3.25. The van der Waals surface area contributed by atoms with Crippen molar-refractivity contribution in [3.63, 3.8) is 0 Å². The maximum Gasteiger partial charge on any atom is 0.119 e. The van der Waals surface area contributed by atoms with E-state index in [4.69, 9.17) is 4.74 Å². The van der Waals surface area contributed by atoms with E-state index in [0.717, 1.165) is 23.9 Å². The molecule has 0 radical (unpaired) electrons. The Kier molecular flexibility index (Phi) is 3.85. The highest BCUT2D eigenvalue weighted by Crippen LogP contribution is 2.22. The normalized spacial score (nSPS) is 14.7. The van der Waals surface area contributed by atoms with E-state index in [9.17, 15) is 0 Å². The number of nitrogens with one attached hydrogen (secondary N) is 1. The highest BCUT2D eigenvalue weighted by molar-refractivity contribution is 5.61. The van der Waals surface area contributed by atoms with Crippen molar-refractivity contribution in [3.05, 3.63) is 41.5 Å². The van der Waals surface area contributed by atoms with Crippen molar-refractivity contribution in [2.24, 2.45) is 0 Å². The van der Waals surface area contributed by atoms with Crippen molar-refractivity contribution < 1.29 is 4.74 Å². The van der Waals surface area contributed by atoms with E-state index in [1.165, 1.54) is 24.0 Å². The summed E-state index contributed by atoms with van der Waals surface area (Å²) in [5, 5.41) is 3.52. The van der Waals surface area contributed by atoms with Crippen LogP contribution >= 0.6 is 0 Å². The van der Waals surface area contributed by atoms with Gasteiger partial charge in [-0.1, -0.05) is 24.8 Å². The molecule has 0 aromatic heterocycles. The van der Waals surface area contributed by atoms with E-state index in [1.807, 2.05) is 6.92 Å². The van der Waals surface area contributed by atoms with Gasteiger partial charge in [0.1, 0.15) is 5.76 Å². The average Bonchev–Trinajstić information content (AvgIpc) is 3.10. The SMILES string of the molecule is C=C(OCC)c1ccc(CNC2CC2)cc1C. The lowest BCUT2D eigenvalue weighted by atomic mass is 10.0. The summed E-state index contributed by atoms with van der Waals surface area (Å²) in [7, 11) is 0. The first-order chi connectivity index (χ1) is 8.20. The third-order valence-corrected chi connectivity index (χ3v) is 3.08. The monoisotopic (exact) mass is 231 g/mol. The minimum Gasteiger partial charge on any atom is -0.494 e. The van der Waals surface area contributed by atoms with Crippen LogP contribution in [-0.4, -0.2) is 12.6 Å². The molecule has 1 aromatic carbocycles. The van der Waals surface area contributed by atoms with Crippen LogP contribution in [0.15, 0.2) is 24.8 Å². The molecule has 1 aromatic rings. The molecule has 0 unspecified atom stereocenters. The molecule has 0 bridgehead atoms. The Balaban J connectivity index is 2.01. The summed E-state index contributed by atoms with van der Waals surface area (Å²) < 4.78 is 5.45. The zero-order valence-corrected chi connectivity index (χ0v) is 10.8. The molecule has 0 amide bonds. The summed E-state index contributed by atoms with van der Waals surface area (Å²) in [6, 6.07) is 7.24. The van der Waals surface area contributed by atoms with Crippen molar-refractivity contribution in [2.75, 3.05) is 6.61 Å². The van der Waals surface area contributed by atoms with Gasteiger partial charge in [-0.25, -0.2) is 0 Å². The Morgan fingerprint density at radius 2 is 2.24 bits per heavy atom. The van der Waals surface area contributed by atoms with Crippen LogP contribution in [-0.2, 0) is 11.3 Å². The second-order valence-electron chi connectivity index (χ2n) is 4.66. The average molecular weight is 231 g/mol. The third kappa shape index (κ3) is 3.34. The fraction of sp³-hybridized carbons (Fsp3) is 0.467. The van der Waals surface area contributed by atoms with Gasteiger partial charge in [0.15, 0.2) is 0 Å². The van der Waals surface area contributed by atoms with Gasteiger partial charge in [-0.2, -0.15) is 0 Å². The maximum absolute atomic E-state index is 5.45. The Hall–Kier alpha value is -1.28. The van der Waals surface area contributed by atoms with E-state index in [2.05, 4.69) is 37.0 Å². The smallest absolute Gasteiger partial charge is 0.119 e. The van der Waals surface area contributed by atoms with Crippen LogP contribution in [0, 0.1) is 6.92 Å². The topological polar surface area (TPSA) is 21.3 Å². The van der Waals surface area contributed by atoms with Crippen LogP contribution < -0.4 is 5.32 Å². The highest BCUT2D eigenvalue weighted by Gasteiger charge is 2.19. The molecule has 1 fully saturated rings. The van der Waals surface area contributed by atoms with Gasteiger partial charge in [-0.3, -0.25) is 0 Å². The molecular weight excluding hydrogens is 210 g/mol. The van der Waals surface area contributed by atoms with Crippen molar-refractivity contribution in [1.82, 2.24) is 5.32 Å². The summed E-state index contributed by atoms with van der Waals surface area (Å²) >= 11 is 0. The number of rotatable bonds is 6. The van der Waals surface area contributed by atoms with E-state index in [-0.39, 0.29) is 0 Å². The van der Waals surface area contributed by atoms with E-state index in [0.29, 0.717) is 6.61 Å². The van der Waals surface area contributed by atoms with E-state index in [1.54, 1.807) is 0 Å². The first-order valence-corrected chi connectivity index (χ1v) is 6.35. The van der Waals surface area contributed by atoms with Crippen LogP contribution in [0.25, 0.3) is 5.76 Å². The molecule has 0 aliphatic heterocycles. The number of aryl methyl sites for hydroxylation is 1. The molecule has 1 saturated carbocycles. The summed E-state index contributed by atoms with van der Waals surface area (Å²) in [6.45, 7) is 9.68. The second-order valence-corrected chi connectivity index (χ2v) is 4.66. The molecule has 2 heteroatoms. The van der Waals surface area contributed by atoms with E-state index < -0.39 is 0 Å². The van der Waals surface area contributed by atoms with Gasteiger partial charge in [0.25, 0.3) is 0 Å². The quantitative estimate of drug-likeness (QED) is 0.759. The Bertz CT molecular complexity index is 407. The molecule has 1 aliphatic rings. The Labute approximate surface area is 104 Å². The van der Waals surface area contributed by atoms with Crippen molar-refractivity contribution >= 4 is 5.76 Å². The van der Waals surface area contributed by atoms with Gasteiger partial charge in [0.05, 0.1) is 6.61 Å². The van der Waals surface area contributed by atoms with Gasteiger partial charge in [-0.05, 0) is 37.8 Å². The van der Waals surface area contributed by atoms with Crippen molar-refractivity contribution in [3.8, 4) is 0 Å². The number of ether oxygens (including phenoxy) is 1. The van der Waals surface area contributed by atoms with Gasteiger partial charge in [0, 0.05) is 18.2 Å². The molecule has 92 valence electrons. The third-order valence-electron chi connectivity index (χ3n) is 3.08. The molecule has 0 spiro atoms. The predicted molar refractivity (Wildman–Crippen MR) is 71.7 cm³/mol. The highest BCUT2D eigenvalue weighted by atomic mass is 16.5. The molecular formula is C15H21NO. The second kappa shape index (κ2) is 5.37. The summed E-state index contributed by atoms with van der Waals surface area (Å²) in [4.78, 5) is 0. The number of hydrogen-bond donors (Lipinski definition) is 1. The molecule has 0 atom stereocenters. The fourth-order valence-electron chi connectivity index (χ4n) is 1.95. The van der Waals surface area contributed by atoms with Gasteiger partial charge >= 0.3 is 0 Å². The lowest BCUT2D eigenvalue weighted by Crippen LogP contribution is -2.15. The Morgan fingerprint density at radius 1 is 1.47 bits per heavy atom. The first kappa shape index (κ1) is 12.2. The van der Waals surface area contributed by atoms with Crippen molar-refractivity contribution in [1.29, 1.82) is 0 Å². The molecule has 17 heavy (non-hydrogen) atoms. The lowest BCUT2D eigenvalue weighted by molar-refractivity contribution is 0.299. The standard InChI is InChI=1S/C15H21NO/c1-4-17-12(3)15-8-5-13(9-11(15)2)10-16-14-6-7-14/h5,8-9,14,16H,3-4,6-7,10H2,1-2H3. The van der Waals surface area contributed by atoms with Crippen molar-refractivity contribution in [2.45, 2.75) is 39.3 Å². The van der Waals surface area contributed by atoms with E-state index >= 15 is 0 Å². The fourth-order valence-corrected chi connectivity index (χ4v) is 1.95. The number of benzene rings is 1. The largest absolute Gasteiger partial charge is 0.494 e. The lowest BCUT2D eigenvalue weighted by Gasteiger charge is -2.12. The molecule has 2 rings (SSSR count). The van der Waals surface area contributed by atoms with Gasteiger partial charge in [-0.15, -0.1) is 0 Å². The van der Waals surface area contributed by atoms with Crippen LogP contribution in [0.1, 0.15) is 36.5 Å².